The van der Waals surface area contributed by atoms with E-state index in [1.165, 1.54) is 6.42 Å². The molecule has 0 radical (unpaired) electrons. The Morgan fingerprint density at radius 1 is 1.20 bits per heavy atom. The van der Waals surface area contributed by atoms with Gasteiger partial charge in [-0.05, 0) is 105 Å². The van der Waals surface area contributed by atoms with Gasteiger partial charge in [0.05, 0.1) is 8.95 Å². The largest absolute Gasteiger partial charge is 0.487 e. The Kier molecular flexibility index (Phi) is 7.40. The number of hydrogen-bond acceptors (Lipinski definition) is 3. The number of hydrogen-bond donors (Lipinski definition) is 1. The van der Waals surface area contributed by atoms with Gasteiger partial charge in [-0.25, -0.2) is 5.43 Å². The molecule has 0 spiro atoms. The van der Waals surface area contributed by atoms with Crippen molar-refractivity contribution >= 4 is 43.5 Å². The third-order valence-corrected chi connectivity index (χ3v) is 6.40. The molecule has 1 saturated carbocycles. The molecule has 0 heterocycles. The summed E-state index contributed by atoms with van der Waals surface area (Å²) in [4.78, 5) is 12.5. The first-order chi connectivity index (χ1) is 14.1. The van der Waals surface area contributed by atoms with Gasteiger partial charge in [-0.2, -0.15) is 5.10 Å². The molecule has 1 unspecified atom stereocenters. The van der Waals surface area contributed by atoms with Gasteiger partial charge in [-0.15, -0.1) is 0 Å². The molecule has 6 heteroatoms. The minimum Gasteiger partial charge on any atom is -0.487 e. The van der Waals surface area contributed by atoms with Crippen LogP contribution >= 0.6 is 31.9 Å². The quantitative estimate of drug-likeness (QED) is 0.418. The Hall–Kier alpha value is -1.66. The summed E-state index contributed by atoms with van der Waals surface area (Å²) in [5, 5.41) is 4.41. The summed E-state index contributed by atoms with van der Waals surface area (Å²) >= 11 is 7.08. The van der Waals surface area contributed by atoms with E-state index in [1.54, 1.807) is 12.1 Å². The van der Waals surface area contributed by atoms with Crippen LogP contribution in [0.3, 0.4) is 0 Å². The number of ether oxygens (including phenoxy) is 1. The van der Waals surface area contributed by atoms with Gasteiger partial charge in [0.1, 0.15) is 12.4 Å². The van der Waals surface area contributed by atoms with Gasteiger partial charge < -0.3 is 4.74 Å². The summed E-state index contributed by atoms with van der Waals surface area (Å²) in [6.07, 6.45) is 3.07. The van der Waals surface area contributed by atoms with E-state index in [0.29, 0.717) is 18.1 Å². The molecule has 1 aliphatic carbocycles. The van der Waals surface area contributed by atoms with Crippen LogP contribution in [-0.2, 0) is 6.61 Å². The smallest absolute Gasteiger partial charge is 0.271 e. The third-order valence-electron chi connectivity index (χ3n) is 5.23. The van der Waals surface area contributed by atoms with Gasteiger partial charge in [0.15, 0.2) is 0 Å². The molecule has 160 valence electrons. The Morgan fingerprint density at radius 3 is 2.43 bits per heavy atom. The number of nitrogens with one attached hydrogen (secondary N) is 1. The molecule has 2 aromatic rings. The van der Waals surface area contributed by atoms with Crippen LogP contribution in [0.1, 0.15) is 61.5 Å². The summed E-state index contributed by atoms with van der Waals surface area (Å²) < 4.78 is 7.76. The lowest BCUT2D eigenvalue weighted by Crippen LogP contribution is -2.30. The molecule has 4 nitrogen and oxygen atoms in total. The maximum atomic E-state index is 12.5. The highest BCUT2D eigenvalue weighted by molar-refractivity contribution is 9.11. The van der Waals surface area contributed by atoms with E-state index in [0.717, 1.165) is 44.4 Å². The van der Waals surface area contributed by atoms with Crippen molar-refractivity contribution in [1.82, 2.24) is 5.43 Å². The first-order valence-electron chi connectivity index (χ1n) is 10.2. The van der Waals surface area contributed by atoms with Crippen molar-refractivity contribution in [3.63, 3.8) is 0 Å². The summed E-state index contributed by atoms with van der Waals surface area (Å²) in [5.74, 6) is 1.18. The number of halogens is 2. The van der Waals surface area contributed by atoms with E-state index >= 15 is 0 Å². The van der Waals surface area contributed by atoms with Gasteiger partial charge in [-0.1, -0.05) is 32.9 Å². The number of rotatable bonds is 5. The second-order valence-electron chi connectivity index (χ2n) is 9.02. The van der Waals surface area contributed by atoms with Crippen molar-refractivity contribution in [1.29, 1.82) is 0 Å². The molecule has 2 aromatic carbocycles. The Balaban J connectivity index is 1.59. The second-order valence-corrected chi connectivity index (χ2v) is 10.7. The number of hydrazone groups is 1. The Morgan fingerprint density at radius 2 is 1.83 bits per heavy atom. The molecular formula is C24H28Br2N2O2. The van der Waals surface area contributed by atoms with E-state index in [1.807, 2.05) is 31.2 Å². The van der Waals surface area contributed by atoms with Gasteiger partial charge >= 0.3 is 0 Å². The highest BCUT2D eigenvalue weighted by Gasteiger charge is 2.29. The SMILES string of the molecule is Cc1cc(Br)c(OCc2ccc(C(=O)N/N=C3/CC(C)CC(C)(C)C3)cc2)c(Br)c1. The fourth-order valence-electron chi connectivity index (χ4n) is 4.13. The number of nitrogens with zero attached hydrogens (tertiary/aromatic N) is 1. The average molecular weight is 536 g/mol. The van der Waals surface area contributed by atoms with Crippen molar-refractivity contribution in [3.05, 3.63) is 62.0 Å². The van der Waals surface area contributed by atoms with Crippen LogP contribution in [0.25, 0.3) is 0 Å². The Labute approximate surface area is 195 Å². The van der Waals surface area contributed by atoms with E-state index in [4.69, 9.17) is 4.74 Å². The molecule has 1 N–H and O–H groups in total. The molecule has 0 aliphatic heterocycles. The molecule has 0 bridgehead atoms. The summed E-state index contributed by atoms with van der Waals surface area (Å²) in [6, 6.07) is 11.5. The van der Waals surface area contributed by atoms with Crippen molar-refractivity contribution in [2.45, 2.75) is 53.6 Å². The number of amides is 1. The minimum absolute atomic E-state index is 0.185. The van der Waals surface area contributed by atoms with Crippen LogP contribution in [0, 0.1) is 18.3 Å². The standard InChI is InChI=1S/C24H28Br2N2O2/c1-15-10-20(25)22(21(26)11-15)30-14-17-5-7-18(8-6-17)23(29)28-27-19-9-16(2)12-24(3,4)13-19/h5-8,10-11,16H,9,12-14H2,1-4H3,(H,28,29)/b27-19-. The lowest BCUT2D eigenvalue weighted by molar-refractivity contribution is 0.0954. The second kappa shape index (κ2) is 9.65. The molecule has 30 heavy (non-hydrogen) atoms. The van der Waals surface area contributed by atoms with Gasteiger partial charge in [-0.3, -0.25) is 4.79 Å². The van der Waals surface area contributed by atoms with Crippen LogP contribution in [0.4, 0.5) is 0 Å². The van der Waals surface area contributed by atoms with E-state index in [-0.39, 0.29) is 11.3 Å². The summed E-state index contributed by atoms with van der Waals surface area (Å²) in [5.41, 5.74) is 6.76. The van der Waals surface area contributed by atoms with Gasteiger partial charge in [0.2, 0.25) is 0 Å². The normalized spacial score (nSPS) is 19.5. The van der Waals surface area contributed by atoms with Crippen molar-refractivity contribution < 1.29 is 9.53 Å². The third kappa shape index (κ3) is 6.17. The highest BCUT2D eigenvalue weighted by Crippen LogP contribution is 2.37. The molecule has 3 rings (SSSR count). The molecule has 1 fully saturated rings. The number of carbonyl (C=O) groups excluding carboxylic acids is 1. The predicted molar refractivity (Wildman–Crippen MR) is 129 cm³/mol. The predicted octanol–water partition coefficient (Wildman–Crippen LogP) is 7.03. The van der Waals surface area contributed by atoms with E-state index < -0.39 is 0 Å². The number of aryl methyl sites for hydroxylation is 1. The number of benzene rings is 2. The van der Waals surface area contributed by atoms with Gasteiger partial charge in [0.25, 0.3) is 5.91 Å². The zero-order valence-electron chi connectivity index (χ0n) is 17.9. The zero-order valence-corrected chi connectivity index (χ0v) is 21.1. The Bertz CT molecular complexity index is 929. The molecule has 1 aliphatic rings. The van der Waals surface area contributed by atoms with Gasteiger partial charge in [0, 0.05) is 11.3 Å². The monoisotopic (exact) mass is 534 g/mol. The first-order valence-corrected chi connectivity index (χ1v) is 11.7. The minimum atomic E-state index is -0.185. The fraction of sp³-hybridized carbons (Fsp3) is 0.417. The highest BCUT2D eigenvalue weighted by atomic mass is 79.9. The molecule has 1 amide bonds. The lowest BCUT2D eigenvalue weighted by Gasteiger charge is -2.34. The van der Waals surface area contributed by atoms with E-state index in [2.05, 4.69) is 63.2 Å². The lowest BCUT2D eigenvalue weighted by atomic mass is 9.72. The average Bonchev–Trinajstić information content (AvgIpc) is 2.64. The van der Waals surface area contributed by atoms with Crippen LogP contribution in [0.5, 0.6) is 5.75 Å². The first kappa shape index (κ1) is 23.0. The van der Waals surface area contributed by atoms with Crippen LogP contribution in [0.15, 0.2) is 50.4 Å². The molecule has 0 saturated heterocycles. The van der Waals surface area contributed by atoms with Crippen LogP contribution < -0.4 is 10.2 Å². The summed E-state index contributed by atoms with van der Waals surface area (Å²) in [6.45, 7) is 9.21. The van der Waals surface area contributed by atoms with E-state index in [9.17, 15) is 4.79 Å². The van der Waals surface area contributed by atoms with Crippen molar-refractivity contribution in [3.8, 4) is 5.75 Å². The molecule has 1 atom stereocenters. The summed E-state index contributed by atoms with van der Waals surface area (Å²) in [7, 11) is 0. The molecular weight excluding hydrogens is 508 g/mol. The number of carbonyl (C=O) groups is 1. The zero-order chi connectivity index (χ0) is 21.9. The maximum absolute atomic E-state index is 12.5. The van der Waals surface area contributed by atoms with Crippen LogP contribution in [-0.4, -0.2) is 11.6 Å². The topological polar surface area (TPSA) is 50.7 Å². The van der Waals surface area contributed by atoms with Crippen molar-refractivity contribution in [2.75, 3.05) is 0 Å². The van der Waals surface area contributed by atoms with Crippen LogP contribution in [0.2, 0.25) is 0 Å². The maximum Gasteiger partial charge on any atom is 0.271 e. The van der Waals surface area contributed by atoms with Crippen molar-refractivity contribution in [2.24, 2.45) is 16.4 Å². The fourth-order valence-corrected chi connectivity index (χ4v) is 5.77. The molecule has 0 aromatic heterocycles.